The third-order valence-corrected chi connectivity index (χ3v) is 4.30. The maximum atomic E-state index is 13.1. The molecule has 0 atom stereocenters. The lowest BCUT2D eigenvalue weighted by Crippen LogP contribution is -2.30. The molecule has 1 amide bonds. The van der Waals surface area contributed by atoms with E-state index in [-0.39, 0.29) is 17.9 Å². The lowest BCUT2D eigenvalue weighted by molar-refractivity contribution is -0.117. The highest BCUT2D eigenvalue weighted by molar-refractivity contribution is 6.30. The molecule has 0 radical (unpaired) electrons. The van der Waals surface area contributed by atoms with Crippen molar-refractivity contribution in [1.82, 2.24) is 19.4 Å². The lowest BCUT2D eigenvalue weighted by atomic mass is 10.1. The van der Waals surface area contributed by atoms with Gasteiger partial charge in [0.15, 0.2) is 0 Å². The first-order chi connectivity index (χ1) is 13.5. The van der Waals surface area contributed by atoms with Crippen LogP contribution in [0.5, 0.6) is 0 Å². The number of anilines is 1. The molecule has 2 heterocycles. The smallest absolute Gasteiger partial charge is 0.293 e. The van der Waals surface area contributed by atoms with E-state index in [9.17, 15) is 14.0 Å². The highest BCUT2D eigenvalue weighted by Crippen LogP contribution is 2.18. The van der Waals surface area contributed by atoms with Crippen molar-refractivity contribution in [1.29, 1.82) is 0 Å². The molecular weight excluding hydrogens is 385 g/mol. The van der Waals surface area contributed by atoms with Crippen molar-refractivity contribution in [3.63, 3.8) is 0 Å². The van der Waals surface area contributed by atoms with Crippen molar-refractivity contribution in [2.24, 2.45) is 0 Å². The number of halogens is 2. The zero-order valence-corrected chi connectivity index (χ0v) is 15.1. The zero-order valence-electron chi connectivity index (χ0n) is 14.3. The molecule has 4 aromatic rings. The number of nitrogens with one attached hydrogen (secondary N) is 1. The first-order valence-electron chi connectivity index (χ1n) is 8.26. The predicted octanol–water partition coefficient (Wildman–Crippen LogP) is 2.99. The number of nitrogens with zero attached hydrogens (tertiary/aromatic N) is 4. The van der Waals surface area contributed by atoms with Crippen LogP contribution in [0.3, 0.4) is 0 Å². The van der Waals surface area contributed by atoms with Gasteiger partial charge in [-0.15, -0.1) is 0 Å². The van der Waals surface area contributed by atoms with Crippen LogP contribution in [-0.4, -0.2) is 25.3 Å². The Kier molecular flexibility index (Phi) is 4.62. The first kappa shape index (κ1) is 17.9. The fourth-order valence-electron chi connectivity index (χ4n) is 2.68. The molecule has 28 heavy (non-hydrogen) atoms. The normalized spacial score (nSPS) is 10.9. The highest BCUT2D eigenvalue weighted by Gasteiger charge is 2.12. The Morgan fingerprint density at radius 2 is 1.82 bits per heavy atom. The second kappa shape index (κ2) is 7.24. The van der Waals surface area contributed by atoms with Gasteiger partial charge in [0, 0.05) is 16.3 Å². The van der Waals surface area contributed by atoms with Crippen molar-refractivity contribution in [2.75, 3.05) is 5.32 Å². The Hall–Kier alpha value is -3.52. The van der Waals surface area contributed by atoms with Crippen LogP contribution in [0.4, 0.5) is 10.1 Å². The van der Waals surface area contributed by atoms with Crippen molar-refractivity contribution in [3.05, 3.63) is 82.1 Å². The molecule has 0 unspecified atom stereocenters. The van der Waals surface area contributed by atoms with Crippen LogP contribution >= 0.6 is 11.6 Å². The number of hydrogen-bond donors (Lipinski definition) is 1. The predicted molar refractivity (Wildman–Crippen MR) is 103 cm³/mol. The van der Waals surface area contributed by atoms with E-state index in [1.807, 2.05) is 0 Å². The third kappa shape index (κ3) is 3.63. The quantitative estimate of drug-likeness (QED) is 0.574. The molecule has 1 N–H and O–H groups in total. The maximum absolute atomic E-state index is 13.1. The Morgan fingerprint density at radius 3 is 2.54 bits per heavy atom. The zero-order chi connectivity index (χ0) is 19.7. The largest absolute Gasteiger partial charge is 0.324 e. The molecule has 0 saturated carbocycles. The van der Waals surface area contributed by atoms with Crippen molar-refractivity contribution >= 4 is 28.7 Å². The van der Waals surface area contributed by atoms with Gasteiger partial charge in [-0.05, 0) is 54.6 Å². The van der Waals surface area contributed by atoms with Gasteiger partial charge >= 0.3 is 0 Å². The van der Waals surface area contributed by atoms with E-state index in [1.165, 1.54) is 23.0 Å². The summed E-state index contributed by atoms with van der Waals surface area (Å²) in [4.78, 5) is 24.9. The van der Waals surface area contributed by atoms with Gasteiger partial charge in [0.05, 0.1) is 5.69 Å². The van der Waals surface area contributed by atoms with Gasteiger partial charge in [0.2, 0.25) is 5.91 Å². The first-order valence-corrected chi connectivity index (χ1v) is 8.64. The minimum atomic E-state index is -0.463. The Labute approximate surface area is 163 Å². The van der Waals surface area contributed by atoms with Crippen molar-refractivity contribution < 1.29 is 9.18 Å². The molecule has 0 aliphatic rings. The second-order valence-corrected chi connectivity index (χ2v) is 6.45. The second-order valence-electron chi connectivity index (χ2n) is 6.02. The third-order valence-electron chi connectivity index (χ3n) is 4.05. The van der Waals surface area contributed by atoms with E-state index >= 15 is 0 Å². The molecule has 140 valence electrons. The standard InChI is InChI=1S/C19H13ClFN5O2/c20-13-3-7-15(8-4-13)23-18(27)10-25-19(28)17-9-16(24-26(17)11-22-25)12-1-5-14(21)6-2-12/h1-9,11H,10H2,(H,23,27). The molecule has 9 heteroatoms. The van der Waals surface area contributed by atoms with E-state index in [2.05, 4.69) is 15.5 Å². The molecule has 0 aliphatic heterocycles. The van der Waals surface area contributed by atoms with Gasteiger partial charge in [-0.3, -0.25) is 9.59 Å². The number of aromatic nitrogens is 4. The summed E-state index contributed by atoms with van der Waals surface area (Å²) in [6.45, 7) is -0.255. The number of carbonyl (C=O) groups excluding carboxylic acids is 1. The van der Waals surface area contributed by atoms with E-state index in [0.29, 0.717) is 22.0 Å². The number of carbonyl (C=O) groups is 1. The summed E-state index contributed by atoms with van der Waals surface area (Å²) in [5.74, 6) is -0.761. The van der Waals surface area contributed by atoms with Crippen LogP contribution in [0.15, 0.2) is 65.7 Å². The molecule has 7 nitrogen and oxygen atoms in total. The summed E-state index contributed by atoms with van der Waals surface area (Å²) >= 11 is 5.81. The summed E-state index contributed by atoms with van der Waals surface area (Å²) < 4.78 is 15.5. The van der Waals surface area contributed by atoms with Crippen molar-refractivity contribution in [3.8, 4) is 11.3 Å². The molecule has 0 saturated heterocycles. The lowest BCUT2D eigenvalue weighted by Gasteiger charge is -2.06. The van der Waals surface area contributed by atoms with Gasteiger partial charge in [0.1, 0.15) is 24.2 Å². The summed E-state index contributed by atoms with van der Waals surface area (Å²) in [5, 5.41) is 11.5. The molecule has 0 bridgehead atoms. The number of fused-ring (bicyclic) bond motifs is 1. The summed E-state index contributed by atoms with van der Waals surface area (Å²) in [5.41, 5.74) is 1.52. The van der Waals surface area contributed by atoms with Gasteiger partial charge < -0.3 is 5.32 Å². The Balaban J connectivity index is 1.59. The summed E-state index contributed by atoms with van der Waals surface area (Å²) in [6, 6.07) is 14.0. The van der Waals surface area contributed by atoms with Gasteiger partial charge in [-0.25, -0.2) is 13.6 Å². The summed E-state index contributed by atoms with van der Waals surface area (Å²) in [6.07, 6.45) is 1.35. The fourth-order valence-corrected chi connectivity index (χ4v) is 2.81. The number of benzene rings is 2. The van der Waals surface area contributed by atoms with Gasteiger partial charge in [-0.1, -0.05) is 11.6 Å². The van der Waals surface area contributed by atoms with E-state index in [4.69, 9.17) is 11.6 Å². The molecule has 4 rings (SSSR count). The Bertz CT molecular complexity index is 1220. The van der Waals surface area contributed by atoms with Crippen LogP contribution < -0.4 is 10.9 Å². The summed E-state index contributed by atoms with van der Waals surface area (Å²) in [7, 11) is 0. The van der Waals surface area contributed by atoms with Gasteiger partial charge in [-0.2, -0.15) is 10.2 Å². The molecule has 0 aliphatic carbocycles. The van der Waals surface area contributed by atoms with E-state index in [0.717, 1.165) is 4.68 Å². The molecule has 2 aromatic carbocycles. The van der Waals surface area contributed by atoms with E-state index < -0.39 is 11.5 Å². The number of hydrogen-bond acceptors (Lipinski definition) is 4. The van der Waals surface area contributed by atoms with Crippen molar-refractivity contribution in [2.45, 2.75) is 6.54 Å². The van der Waals surface area contributed by atoms with Crippen LogP contribution in [0, 0.1) is 5.82 Å². The Morgan fingerprint density at radius 1 is 1.11 bits per heavy atom. The average Bonchev–Trinajstić information content (AvgIpc) is 3.12. The maximum Gasteiger partial charge on any atom is 0.293 e. The van der Waals surface area contributed by atoms with Gasteiger partial charge in [0.25, 0.3) is 5.56 Å². The fraction of sp³-hybridized carbons (Fsp3) is 0.0526. The van der Waals surface area contributed by atoms with Crippen LogP contribution in [0.2, 0.25) is 5.02 Å². The minimum Gasteiger partial charge on any atom is -0.324 e. The van der Waals surface area contributed by atoms with E-state index in [1.54, 1.807) is 42.5 Å². The molecule has 2 aromatic heterocycles. The highest BCUT2D eigenvalue weighted by atomic mass is 35.5. The van der Waals surface area contributed by atoms with Crippen LogP contribution in [0.1, 0.15) is 0 Å². The minimum absolute atomic E-state index is 0.255. The SMILES string of the molecule is O=C(Cn1ncn2nc(-c3ccc(F)cc3)cc2c1=O)Nc1ccc(Cl)cc1. The molecular formula is C19H13ClFN5O2. The van der Waals surface area contributed by atoms with Crippen LogP contribution in [0.25, 0.3) is 16.8 Å². The number of amides is 1. The monoisotopic (exact) mass is 397 g/mol. The topological polar surface area (TPSA) is 81.3 Å². The van der Waals surface area contributed by atoms with Crippen LogP contribution in [-0.2, 0) is 11.3 Å². The number of rotatable bonds is 4. The molecule has 0 fully saturated rings. The average molecular weight is 398 g/mol. The molecule has 0 spiro atoms.